The van der Waals surface area contributed by atoms with Crippen LogP contribution in [0.15, 0.2) is 18.2 Å². The summed E-state index contributed by atoms with van der Waals surface area (Å²) in [5.41, 5.74) is 2.10. The van der Waals surface area contributed by atoms with Crippen LogP contribution in [0.25, 0.3) is 0 Å². The third kappa shape index (κ3) is 5.91. The zero-order valence-electron chi connectivity index (χ0n) is 12.9. The molecule has 5 nitrogen and oxygen atoms in total. The molecule has 0 aliphatic carbocycles. The molecule has 0 bridgehead atoms. The largest absolute Gasteiger partial charge is 0.383 e. The zero-order chi connectivity index (χ0) is 15.7. The Kier molecular flexibility index (Phi) is 8.12. The first kappa shape index (κ1) is 17.8. The summed E-state index contributed by atoms with van der Waals surface area (Å²) in [6.45, 7) is 5.22. The SMILES string of the molecule is CCN(CC(=O)NC)c1cc(Cl)ccc1CNCCOC. The molecule has 1 aromatic rings. The van der Waals surface area contributed by atoms with Crippen molar-refractivity contribution in [3.05, 3.63) is 28.8 Å². The molecule has 0 saturated heterocycles. The van der Waals surface area contributed by atoms with Crippen molar-refractivity contribution < 1.29 is 9.53 Å². The number of amides is 1. The van der Waals surface area contributed by atoms with Gasteiger partial charge < -0.3 is 20.3 Å². The van der Waals surface area contributed by atoms with Crippen LogP contribution >= 0.6 is 11.6 Å². The van der Waals surface area contributed by atoms with Gasteiger partial charge in [-0.25, -0.2) is 0 Å². The molecule has 21 heavy (non-hydrogen) atoms. The lowest BCUT2D eigenvalue weighted by atomic mass is 10.1. The molecule has 0 saturated carbocycles. The van der Waals surface area contributed by atoms with Gasteiger partial charge in [0.1, 0.15) is 0 Å². The summed E-state index contributed by atoms with van der Waals surface area (Å²) < 4.78 is 5.02. The average Bonchev–Trinajstić information content (AvgIpc) is 2.50. The van der Waals surface area contributed by atoms with Crippen molar-refractivity contribution >= 4 is 23.2 Å². The van der Waals surface area contributed by atoms with Crippen molar-refractivity contribution in [3.8, 4) is 0 Å². The standard InChI is InChI=1S/C15H24ClN3O2/c1-4-19(11-15(20)17-2)14-9-13(16)6-5-12(14)10-18-7-8-21-3/h5-6,9,18H,4,7-8,10-11H2,1-3H3,(H,17,20). The summed E-state index contributed by atoms with van der Waals surface area (Å²) in [6, 6.07) is 5.76. The number of rotatable bonds is 9. The fourth-order valence-corrected chi connectivity index (χ4v) is 2.16. The van der Waals surface area contributed by atoms with Crippen molar-refractivity contribution in [2.45, 2.75) is 13.5 Å². The summed E-state index contributed by atoms with van der Waals surface area (Å²) in [7, 11) is 3.32. The number of hydrogen-bond acceptors (Lipinski definition) is 4. The highest BCUT2D eigenvalue weighted by molar-refractivity contribution is 6.30. The smallest absolute Gasteiger partial charge is 0.239 e. The van der Waals surface area contributed by atoms with Crippen molar-refractivity contribution in [2.24, 2.45) is 0 Å². The summed E-state index contributed by atoms with van der Waals surface area (Å²) in [5.74, 6) is -0.0184. The topological polar surface area (TPSA) is 53.6 Å². The van der Waals surface area contributed by atoms with E-state index in [2.05, 4.69) is 10.6 Å². The average molecular weight is 314 g/mol. The van der Waals surface area contributed by atoms with Crippen molar-refractivity contribution in [1.29, 1.82) is 0 Å². The van der Waals surface area contributed by atoms with Crippen LogP contribution in [0, 0.1) is 0 Å². The number of anilines is 1. The van der Waals surface area contributed by atoms with Crippen LogP contribution < -0.4 is 15.5 Å². The Morgan fingerprint density at radius 3 is 2.81 bits per heavy atom. The highest BCUT2D eigenvalue weighted by Gasteiger charge is 2.13. The van der Waals surface area contributed by atoms with E-state index < -0.39 is 0 Å². The van der Waals surface area contributed by atoms with Gasteiger partial charge in [-0.15, -0.1) is 0 Å². The minimum absolute atomic E-state index is 0.0184. The van der Waals surface area contributed by atoms with Gasteiger partial charge in [0.15, 0.2) is 0 Å². The van der Waals surface area contributed by atoms with Gasteiger partial charge in [-0.05, 0) is 24.6 Å². The van der Waals surface area contributed by atoms with Crippen LogP contribution in [0.5, 0.6) is 0 Å². The van der Waals surface area contributed by atoms with Crippen molar-refractivity contribution in [1.82, 2.24) is 10.6 Å². The number of nitrogens with one attached hydrogen (secondary N) is 2. The Hall–Kier alpha value is -1.30. The second-order valence-corrected chi connectivity index (χ2v) is 5.07. The zero-order valence-corrected chi connectivity index (χ0v) is 13.7. The van der Waals surface area contributed by atoms with Gasteiger partial charge in [0.05, 0.1) is 13.2 Å². The molecular weight excluding hydrogens is 290 g/mol. The van der Waals surface area contributed by atoms with E-state index >= 15 is 0 Å². The van der Waals surface area contributed by atoms with Crippen LogP contribution in [0.2, 0.25) is 5.02 Å². The van der Waals surface area contributed by atoms with E-state index in [1.165, 1.54) is 0 Å². The molecule has 2 N–H and O–H groups in total. The van der Waals surface area contributed by atoms with Crippen LogP contribution in [0.4, 0.5) is 5.69 Å². The minimum atomic E-state index is -0.0184. The molecule has 0 fully saturated rings. The molecular formula is C15H24ClN3O2. The van der Waals surface area contributed by atoms with Gasteiger partial charge in [0.25, 0.3) is 0 Å². The number of methoxy groups -OCH3 is 1. The Labute approximate surface area is 131 Å². The first-order valence-electron chi connectivity index (χ1n) is 7.06. The molecule has 0 radical (unpaired) electrons. The van der Waals surface area contributed by atoms with Crippen molar-refractivity contribution in [3.63, 3.8) is 0 Å². The van der Waals surface area contributed by atoms with E-state index in [0.717, 1.165) is 24.3 Å². The second-order valence-electron chi connectivity index (χ2n) is 4.63. The number of likely N-dealkylation sites (N-methyl/N-ethyl adjacent to an activating group) is 2. The number of benzene rings is 1. The molecule has 6 heteroatoms. The molecule has 0 unspecified atom stereocenters. The molecule has 0 aliphatic heterocycles. The normalized spacial score (nSPS) is 10.5. The molecule has 0 heterocycles. The summed E-state index contributed by atoms with van der Waals surface area (Å²) in [5, 5.41) is 6.63. The predicted octanol–water partition coefficient (Wildman–Crippen LogP) is 1.65. The summed E-state index contributed by atoms with van der Waals surface area (Å²) >= 11 is 6.10. The molecule has 1 amide bonds. The van der Waals surface area contributed by atoms with Crippen LogP contribution in [0.3, 0.4) is 0 Å². The van der Waals surface area contributed by atoms with E-state index in [0.29, 0.717) is 24.7 Å². The fourth-order valence-electron chi connectivity index (χ4n) is 2.00. The lowest BCUT2D eigenvalue weighted by molar-refractivity contribution is -0.119. The lowest BCUT2D eigenvalue weighted by Gasteiger charge is -2.25. The molecule has 0 spiro atoms. The number of ether oxygens (including phenoxy) is 1. The van der Waals surface area contributed by atoms with Crippen LogP contribution in [-0.2, 0) is 16.1 Å². The third-order valence-electron chi connectivity index (χ3n) is 3.18. The predicted molar refractivity (Wildman–Crippen MR) is 87.0 cm³/mol. The van der Waals surface area contributed by atoms with E-state index in [4.69, 9.17) is 16.3 Å². The lowest BCUT2D eigenvalue weighted by Crippen LogP contribution is -2.36. The van der Waals surface area contributed by atoms with E-state index in [-0.39, 0.29) is 5.91 Å². The molecule has 0 atom stereocenters. The maximum Gasteiger partial charge on any atom is 0.239 e. The van der Waals surface area contributed by atoms with E-state index in [1.54, 1.807) is 14.2 Å². The highest BCUT2D eigenvalue weighted by atomic mass is 35.5. The van der Waals surface area contributed by atoms with Gasteiger partial charge in [-0.1, -0.05) is 17.7 Å². The number of hydrogen-bond donors (Lipinski definition) is 2. The molecule has 1 rings (SSSR count). The Balaban J connectivity index is 2.85. The van der Waals surface area contributed by atoms with Crippen LogP contribution in [0.1, 0.15) is 12.5 Å². The van der Waals surface area contributed by atoms with E-state index in [9.17, 15) is 4.79 Å². The van der Waals surface area contributed by atoms with Gasteiger partial charge in [-0.2, -0.15) is 0 Å². The maximum absolute atomic E-state index is 11.6. The van der Waals surface area contributed by atoms with Crippen molar-refractivity contribution in [2.75, 3.05) is 45.3 Å². The highest BCUT2D eigenvalue weighted by Crippen LogP contribution is 2.25. The van der Waals surface area contributed by atoms with E-state index in [1.807, 2.05) is 30.0 Å². The summed E-state index contributed by atoms with van der Waals surface area (Å²) in [4.78, 5) is 13.6. The maximum atomic E-state index is 11.6. The Bertz CT molecular complexity index is 455. The number of carbonyl (C=O) groups excluding carboxylic acids is 1. The number of nitrogens with zero attached hydrogens (tertiary/aromatic N) is 1. The number of halogens is 1. The molecule has 0 aliphatic rings. The number of carbonyl (C=O) groups is 1. The molecule has 0 aromatic heterocycles. The van der Waals surface area contributed by atoms with Gasteiger partial charge >= 0.3 is 0 Å². The third-order valence-corrected chi connectivity index (χ3v) is 3.42. The van der Waals surface area contributed by atoms with Crippen LogP contribution in [-0.4, -0.2) is 46.3 Å². The first-order chi connectivity index (χ1) is 10.1. The summed E-state index contributed by atoms with van der Waals surface area (Å²) in [6.07, 6.45) is 0. The van der Waals surface area contributed by atoms with Gasteiger partial charge in [0, 0.05) is 44.5 Å². The first-order valence-corrected chi connectivity index (χ1v) is 7.43. The minimum Gasteiger partial charge on any atom is -0.383 e. The van der Waals surface area contributed by atoms with Gasteiger partial charge in [0.2, 0.25) is 5.91 Å². The Morgan fingerprint density at radius 1 is 1.43 bits per heavy atom. The van der Waals surface area contributed by atoms with Gasteiger partial charge in [-0.3, -0.25) is 4.79 Å². The fraction of sp³-hybridized carbons (Fsp3) is 0.533. The molecule has 118 valence electrons. The monoisotopic (exact) mass is 313 g/mol. The quantitative estimate of drug-likeness (QED) is 0.681. The molecule has 1 aromatic carbocycles. The second kappa shape index (κ2) is 9.60. The Morgan fingerprint density at radius 2 is 2.19 bits per heavy atom.